The van der Waals surface area contributed by atoms with Gasteiger partial charge >= 0.3 is 6.61 Å². The molecule has 0 saturated carbocycles. The first-order valence-electron chi connectivity index (χ1n) is 2.99. The van der Waals surface area contributed by atoms with Crippen LogP contribution in [0.1, 0.15) is 0 Å². The number of ether oxygens (including phenoxy) is 1. The van der Waals surface area contributed by atoms with Gasteiger partial charge in [-0.1, -0.05) is 11.6 Å². The van der Waals surface area contributed by atoms with Gasteiger partial charge in [0, 0.05) is 11.1 Å². The Morgan fingerprint density at radius 1 is 1.42 bits per heavy atom. The zero-order valence-electron chi connectivity index (χ0n) is 5.73. The first-order chi connectivity index (χ1) is 5.59. The Balaban J connectivity index is 2.90. The largest absolute Gasteiger partial charge is 0.434 e. The second-order valence-corrected chi connectivity index (χ2v) is 3.24. The average molecular weight is 257 g/mol. The molecule has 1 rings (SSSR count). The maximum Gasteiger partial charge on any atom is 0.387 e. The summed E-state index contributed by atoms with van der Waals surface area (Å²) in [6, 6.07) is 4.43. The fourth-order valence-corrected chi connectivity index (χ4v) is 1.17. The summed E-state index contributed by atoms with van der Waals surface area (Å²) in [6.07, 6.45) is 0. The Bertz CT molecular complexity index is 280. The normalized spacial score (nSPS) is 10.4. The number of alkyl halides is 2. The fourth-order valence-electron chi connectivity index (χ4n) is 0.663. The molecule has 66 valence electrons. The van der Waals surface area contributed by atoms with Crippen LogP contribution in [0.5, 0.6) is 5.75 Å². The van der Waals surface area contributed by atoms with Gasteiger partial charge in [0.2, 0.25) is 0 Å². The van der Waals surface area contributed by atoms with E-state index in [2.05, 4.69) is 20.7 Å². The Hall–Kier alpha value is -0.350. The molecule has 0 saturated heterocycles. The van der Waals surface area contributed by atoms with Crippen molar-refractivity contribution in [2.75, 3.05) is 0 Å². The summed E-state index contributed by atoms with van der Waals surface area (Å²) in [4.78, 5) is 0. The van der Waals surface area contributed by atoms with Crippen LogP contribution in [0, 0.1) is 0 Å². The lowest BCUT2D eigenvalue weighted by atomic mass is 10.3. The molecule has 1 aromatic carbocycles. The van der Waals surface area contributed by atoms with E-state index in [4.69, 9.17) is 11.6 Å². The Morgan fingerprint density at radius 3 is 2.67 bits per heavy atom. The van der Waals surface area contributed by atoms with E-state index in [1.54, 1.807) is 12.1 Å². The summed E-state index contributed by atoms with van der Waals surface area (Å²) in [6.45, 7) is -2.83. The molecular formula is C7H4BrClF2O. The highest BCUT2D eigenvalue weighted by molar-refractivity contribution is 9.10. The summed E-state index contributed by atoms with van der Waals surface area (Å²) < 4.78 is 28.1. The monoisotopic (exact) mass is 256 g/mol. The van der Waals surface area contributed by atoms with Crippen molar-refractivity contribution in [1.29, 1.82) is 0 Å². The van der Waals surface area contributed by atoms with E-state index in [0.717, 1.165) is 0 Å². The van der Waals surface area contributed by atoms with Crippen LogP contribution >= 0.6 is 27.5 Å². The molecule has 0 aliphatic heterocycles. The van der Waals surface area contributed by atoms with E-state index >= 15 is 0 Å². The minimum atomic E-state index is -2.83. The van der Waals surface area contributed by atoms with E-state index in [1.807, 2.05) is 0 Å². The molecule has 1 nitrogen and oxygen atoms in total. The highest BCUT2D eigenvalue weighted by Crippen LogP contribution is 2.29. The Kier molecular flexibility index (Phi) is 3.29. The fraction of sp³-hybridized carbons (Fsp3) is 0.143. The van der Waals surface area contributed by atoms with Crippen LogP contribution in [-0.4, -0.2) is 6.61 Å². The standard InChI is InChI=1S/C7H4BrClF2O/c8-5-2-1-4(9)3-6(5)12-7(10)11/h1-3,7H. The first kappa shape index (κ1) is 9.74. The predicted octanol–water partition coefficient (Wildman–Crippen LogP) is 3.70. The number of benzene rings is 1. The number of hydrogen-bond donors (Lipinski definition) is 0. The smallest absolute Gasteiger partial charge is 0.387 e. The molecule has 0 fully saturated rings. The Morgan fingerprint density at radius 2 is 2.08 bits per heavy atom. The zero-order valence-corrected chi connectivity index (χ0v) is 8.07. The lowest BCUT2D eigenvalue weighted by Gasteiger charge is -2.06. The molecule has 0 radical (unpaired) electrons. The second-order valence-electron chi connectivity index (χ2n) is 1.95. The quantitative estimate of drug-likeness (QED) is 0.785. The molecule has 0 atom stereocenters. The first-order valence-corrected chi connectivity index (χ1v) is 4.16. The van der Waals surface area contributed by atoms with Crippen molar-refractivity contribution < 1.29 is 13.5 Å². The van der Waals surface area contributed by atoms with E-state index in [0.29, 0.717) is 9.50 Å². The SMILES string of the molecule is FC(F)Oc1cc(Cl)ccc1Br. The van der Waals surface area contributed by atoms with Gasteiger partial charge < -0.3 is 4.74 Å². The van der Waals surface area contributed by atoms with Gasteiger partial charge in [-0.25, -0.2) is 0 Å². The van der Waals surface area contributed by atoms with E-state index in [1.165, 1.54) is 6.07 Å². The van der Waals surface area contributed by atoms with Gasteiger partial charge in [-0.2, -0.15) is 8.78 Å². The van der Waals surface area contributed by atoms with Crippen LogP contribution < -0.4 is 4.74 Å². The van der Waals surface area contributed by atoms with E-state index < -0.39 is 6.61 Å². The summed E-state index contributed by atoms with van der Waals surface area (Å²) in [5.74, 6) is 0.0394. The minimum Gasteiger partial charge on any atom is -0.434 e. The van der Waals surface area contributed by atoms with Gasteiger partial charge in [0.05, 0.1) is 4.47 Å². The van der Waals surface area contributed by atoms with Gasteiger partial charge in [-0.3, -0.25) is 0 Å². The zero-order chi connectivity index (χ0) is 9.14. The van der Waals surface area contributed by atoms with Crippen molar-refractivity contribution in [3.8, 4) is 5.75 Å². The Labute approximate surface area is 81.4 Å². The van der Waals surface area contributed by atoms with Crippen LogP contribution in [0.4, 0.5) is 8.78 Å². The van der Waals surface area contributed by atoms with Crippen LogP contribution in [0.15, 0.2) is 22.7 Å². The molecule has 0 N–H and O–H groups in total. The second kappa shape index (κ2) is 4.05. The summed E-state index contributed by atoms with van der Waals surface area (Å²) in [7, 11) is 0. The third kappa shape index (κ3) is 2.60. The predicted molar refractivity (Wildman–Crippen MR) is 45.8 cm³/mol. The van der Waals surface area contributed by atoms with Crippen molar-refractivity contribution in [1.82, 2.24) is 0 Å². The van der Waals surface area contributed by atoms with Gasteiger partial charge in [0.1, 0.15) is 5.75 Å². The third-order valence-corrected chi connectivity index (χ3v) is 2.00. The molecule has 0 aliphatic rings. The molecule has 0 unspecified atom stereocenters. The molecule has 0 heterocycles. The van der Waals surface area contributed by atoms with Gasteiger partial charge in [-0.15, -0.1) is 0 Å². The minimum absolute atomic E-state index is 0.0394. The molecule has 0 bridgehead atoms. The lowest BCUT2D eigenvalue weighted by Crippen LogP contribution is -2.02. The molecular weight excluding hydrogens is 253 g/mol. The molecule has 12 heavy (non-hydrogen) atoms. The highest BCUT2D eigenvalue weighted by Gasteiger charge is 2.07. The molecule has 5 heteroatoms. The molecule has 0 aliphatic carbocycles. The van der Waals surface area contributed by atoms with Crippen LogP contribution in [0.25, 0.3) is 0 Å². The average Bonchev–Trinajstić information content (AvgIpc) is 1.96. The molecule has 1 aromatic rings. The highest BCUT2D eigenvalue weighted by atomic mass is 79.9. The number of halogens is 4. The van der Waals surface area contributed by atoms with Crippen LogP contribution in [0.2, 0.25) is 5.02 Å². The van der Waals surface area contributed by atoms with Crippen LogP contribution in [-0.2, 0) is 0 Å². The van der Waals surface area contributed by atoms with Gasteiger partial charge in [0.15, 0.2) is 0 Å². The van der Waals surface area contributed by atoms with Gasteiger partial charge in [0.25, 0.3) is 0 Å². The van der Waals surface area contributed by atoms with Crippen molar-refractivity contribution in [2.45, 2.75) is 6.61 Å². The number of rotatable bonds is 2. The van der Waals surface area contributed by atoms with Crippen molar-refractivity contribution in [3.63, 3.8) is 0 Å². The topological polar surface area (TPSA) is 9.23 Å². The molecule has 0 spiro atoms. The molecule has 0 amide bonds. The molecule has 0 aromatic heterocycles. The van der Waals surface area contributed by atoms with Crippen molar-refractivity contribution in [3.05, 3.63) is 27.7 Å². The maximum atomic E-state index is 11.7. The van der Waals surface area contributed by atoms with Gasteiger partial charge in [-0.05, 0) is 28.1 Å². The summed E-state index contributed by atoms with van der Waals surface area (Å²) in [5, 5.41) is 0.355. The van der Waals surface area contributed by atoms with Crippen molar-refractivity contribution >= 4 is 27.5 Å². The maximum absolute atomic E-state index is 11.7. The van der Waals surface area contributed by atoms with Crippen LogP contribution in [0.3, 0.4) is 0 Å². The number of hydrogen-bond acceptors (Lipinski definition) is 1. The van der Waals surface area contributed by atoms with E-state index in [9.17, 15) is 8.78 Å². The van der Waals surface area contributed by atoms with E-state index in [-0.39, 0.29) is 5.75 Å². The van der Waals surface area contributed by atoms with Crippen molar-refractivity contribution in [2.24, 2.45) is 0 Å². The summed E-state index contributed by atoms with van der Waals surface area (Å²) in [5.41, 5.74) is 0. The lowest BCUT2D eigenvalue weighted by molar-refractivity contribution is -0.0503. The summed E-state index contributed by atoms with van der Waals surface area (Å²) >= 11 is 8.60. The third-order valence-electron chi connectivity index (χ3n) is 1.11.